The molecular formula is C9H15NO2Si. The summed E-state index contributed by atoms with van der Waals surface area (Å²) in [5.74, 6) is -0.507. The maximum Gasteiger partial charge on any atom is 0.348 e. The van der Waals surface area contributed by atoms with E-state index in [0.29, 0.717) is 6.61 Å². The quantitative estimate of drug-likeness (QED) is 0.300. The number of carbonyl (C=O) groups excluding carboxylic acids is 1. The monoisotopic (exact) mass is 197 g/mol. The van der Waals surface area contributed by atoms with Crippen LogP contribution in [-0.2, 0) is 9.53 Å². The molecule has 0 aromatic carbocycles. The molecule has 0 fully saturated rings. The second kappa shape index (κ2) is 4.82. The van der Waals surface area contributed by atoms with Gasteiger partial charge in [-0.3, -0.25) is 0 Å². The number of carbonyl (C=O) groups is 1. The lowest BCUT2D eigenvalue weighted by atomic mass is 10.3. The highest BCUT2D eigenvalue weighted by Crippen LogP contribution is 2.07. The van der Waals surface area contributed by atoms with Gasteiger partial charge in [0.15, 0.2) is 0 Å². The third-order valence-corrected chi connectivity index (χ3v) is 2.35. The van der Waals surface area contributed by atoms with Crippen LogP contribution in [0.1, 0.15) is 6.92 Å². The number of hydrogen-bond acceptors (Lipinski definition) is 3. The Bertz CT molecular complexity index is 258. The number of nitriles is 1. The molecule has 0 aliphatic heterocycles. The topological polar surface area (TPSA) is 50.1 Å². The first-order valence-corrected chi connectivity index (χ1v) is 7.78. The van der Waals surface area contributed by atoms with Gasteiger partial charge in [-0.25, -0.2) is 4.79 Å². The summed E-state index contributed by atoms with van der Waals surface area (Å²) in [6.07, 6.45) is 0. The zero-order valence-electron chi connectivity index (χ0n) is 8.55. The Morgan fingerprint density at radius 3 is 2.38 bits per heavy atom. The molecular weight excluding hydrogens is 182 g/mol. The summed E-state index contributed by atoms with van der Waals surface area (Å²) >= 11 is 0. The summed E-state index contributed by atoms with van der Waals surface area (Å²) in [6.45, 7) is 8.21. The van der Waals surface area contributed by atoms with Crippen LogP contribution in [0.25, 0.3) is 0 Å². The summed E-state index contributed by atoms with van der Waals surface area (Å²) in [6, 6.07) is 1.86. The molecule has 0 aliphatic rings. The van der Waals surface area contributed by atoms with Crippen LogP contribution >= 0.6 is 0 Å². The van der Waals surface area contributed by atoms with Crippen molar-refractivity contribution in [2.45, 2.75) is 26.6 Å². The molecule has 0 aliphatic carbocycles. The minimum atomic E-state index is -1.52. The molecule has 13 heavy (non-hydrogen) atoms. The maximum absolute atomic E-state index is 11.2. The summed E-state index contributed by atoms with van der Waals surface area (Å²) in [5.41, 5.74) is 1.89. The van der Waals surface area contributed by atoms with Gasteiger partial charge >= 0.3 is 5.97 Å². The van der Waals surface area contributed by atoms with Crippen molar-refractivity contribution >= 4 is 14.0 Å². The van der Waals surface area contributed by atoms with Crippen molar-refractivity contribution in [3.63, 3.8) is 0 Å². The van der Waals surface area contributed by atoms with E-state index in [-0.39, 0.29) is 5.57 Å². The second-order valence-corrected chi connectivity index (χ2v) is 8.78. The van der Waals surface area contributed by atoms with Crippen molar-refractivity contribution in [1.29, 1.82) is 5.26 Å². The fourth-order valence-electron chi connectivity index (χ4n) is 0.779. The zero-order chi connectivity index (χ0) is 10.5. The van der Waals surface area contributed by atoms with Crippen LogP contribution < -0.4 is 0 Å². The fraction of sp³-hybridized carbons (Fsp3) is 0.556. The van der Waals surface area contributed by atoms with E-state index in [4.69, 9.17) is 10.00 Å². The molecule has 72 valence electrons. The molecule has 0 bridgehead atoms. The molecule has 0 aromatic rings. The van der Waals surface area contributed by atoms with E-state index in [0.717, 1.165) is 0 Å². The number of hydrogen-bond donors (Lipinski definition) is 0. The standard InChI is InChI=1S/C9H15NO2Si/c1-5-12-9(11)8(6-10)7-13(2,3)4/h7H,5H2,1-4H3. The molecule has 0 saturated carbocycles. The molecule has 0 radical (unpaired) electrons. The average molecular weight is 197 g/mol. The average Bonchev–Trinajstić information content (AvgIpc) is 1.99. The Morgan fingerprint density at radius 2 is 2.08 bits per heavy atom. The number of ether oxygens (including phenoxy) is 1. The van der Waals surface area contributed by atoms with Gasteiger partial charge in [0.1, 0.15) is 11.6 Å². The summed E-state index contributed by atoms with van der Waals surface area (Å²) in [5, 5.41) is 8.69. The molecule has 0 saturated heterocycles. The highest BCUT2D eigenvalue weighted by molar-refractivity contribution is 6.81. The van der Waals surface area contributed by atoms with Crippen molar-refractivity contribution in [1.82, 2.24) is 0 Å². The highest BCUT2D eigenvalue weighted by atomic mass is 28.3. The molecule has 0 N–H and O–H groups in total. The van der Waals surface area contributed by atoms with Gasteiger partial charge in [-0.1, -0.05) is 25.3 Å². The van der Waals surface area contributed by atoms with Gasteiger partial charge in [-0.15, -0.1) is 0 Å². The van der Waals surface area contributed by atoms with Gasteiger partial charge in [0, 0.05) is 0 Å². The first-order valence-electron chi connectivity index (χ1n) is 4.20. The predicted molar refractivity (Wildman–Crippen MR) is 53.7 cm³/mol. The van der Waals surface area contributed by atoms with Crippen molar-refractivity contribution in [3.8, 4) is 6.07 Å². The molecule has 4 heteroatoms. The van der Waals surface area contributed by atoms with Crippen LogP contribution in [0.4, 0.5) is 0 Å². The fourth-order valence-corrected chi connectivity index (χ4v) is 1.83. The van der Waals surface area contributed by atoms with Crippen LogP contribution in [0.15, 0.2) is 11.3 Å². The third kappa shape index (κ3) is 5.20. The summed E-state index contributed by atoms with van der Waals surface area (Å²) in [7, 11) is -1.52. The first-order chi connectivity index (χ1) is 5.90. The molecule has 3 nitrogen and oxygen atoms in total. The van der Waals surface area contributed by atoms with E-state index in [1.165, 1.54) is 0 Å². The SMILES string of the molecule is CCOC(=O)C(C#N)=C[Si](C)(C)C. The Morgan fingerprint density at radius 1 is 1.54 bits per heavy atom. The smallest absolute Gasteiger partial charge is 0.348 e. The van der Waals surface area contributed by atoms with Gasteiger partial charge in [-0.2, -0.15) is 5.26 Å². The lowest BCUT2D eigenvalue weighted by Crippen LogP contribution is -2.19. The molecule has 0 atom stereocenters. The van der Waals surface area contributed by atoms with Gasteiger partial charge < -0.3 is 4.74 Å². The van der Waals surface area contributed by atoms with Crippen molar-refractivity contribution in [2.24, 2.45) is 0 Å². The van der Waals surface area contributed by atoms with E-state index >= 15 is 0 Å². The number of esters is 1. The van der Waals surface area contributed by atoms with Crippen LogP contribution in [-0.4, -0.2) is 20.7 Å². The lowest BCUT2D eigenvalue weighted by molar-refractivity contribution is -0.138. The van der Waals surface area contributed by atoms with Gasteiger partial charge in [0.25, 0.3) is 0 Å². The Balaban J connectivity index is 4.64. The highest BCUT2D eigenvalue weighted by Gasteiger charge is 2.16. The minimum Gasteiger partial charge on any atom is -0.462 e. The van der Waals surface area contributed by atoms with Crippen LogP contribution in [0, 0.1) is 11.3 Å². The van der Waals surface area contributed by atoms with E-state index in [1.54, 1.807) is 12.6 Å². The lowest BCUT2D eigenvalue weighted by Gasteiger charge is -2.09. The van der Waals surface area contributed by atoms with Crippen molar-refractivity contribution in [2.75, 3.05) is 6.61 Å². The van der Waals surface area contributed by atoms with Crippen molar-refractivity contribution in [3.05, 3.63) is 11.3 Å². The summed E-state index contributed by atoms with van der Waals surface area (Å²) in [4.78, 5) is 11.2. The van der Waals surface area contributed by atoms with Crippen molar-refractivity contribution < 1.29 is 9.53 Å². The Labute approximate surface area is 80.0 Å². The Kier molecular flexibility index (Phi) is 4.42. The number of rotatable bonds is 3. The molecule has 0 rings (SSSR count). The normalized spacial score (nSPS) is 12.1. The Hall–Kier alpha value is -1.08. The first kappa shape index (κ1) is 11.9. The molecule has 0 amide bonds. The van der Waals surface area contributed by atoms with Crippen LogP contribution in [0.2, 0.25) is 19.6 Å². The van der Waals surface area contributed by atoms with Gasteiger partial charge in [0.05, 0.1) is 14.7 Å². The van der Waals surface area contributed by atoms with E-state index < -0.39 is 14.0 Å². The largest absolute Gasteiger partial charge is 0.462 e. The van der Waals surface area contributed by atoms with Gasteiger partial charge in [0.2, 0.25) is 0 Å². The zero-order valence-corrected chi connectivity index (χ0v) is 9.55. The van der Waals surface area contributed by atoms with E-state index in [9.17, 15) is 4.79 Å². The minimum absolute atomic E-state index is 0.140. The number of nitrogens with zero attached hydrogens (tertiary/aromatic N) is 1. The predicted octanol–water partition coefficient (Wildman–Crippen LogP) is 1.88. The maximum atomic E-state index is 11.2. The molecule has 0 heterocycles. The molecule has 0 unspecified atom stereocenters. The van der Waals surface area contributed by atoms with E-state index in [2.05, 4.69) is 19.6 Å². The van der Waals surface area contributed by atoms with Gasteiger partial charge in [-0.05, 0) is 6.92 Å². The molecule has 0 spiro atoms. The van der Waals surface area contributed by atoms with E-state index in [1.807, 2.05) is 6.07 Å². The van der Waals surface area contributed by atoms with Crippen LogP contribution in [0.3, 0.4) is 0 Å². The summed E-state index contributed by atoms with van der Waals surface area (Å²) < 4.78 is 4.73. The third-order valence-electron chi connectivity index (χ3n) is 1.19. The second-order valence-electron chi connectivity index (χ2n) is 3.76. The van der Waals surface area contributed by atoms with Crippen LogP contribution in [0.5, 0.6) is 0 Å². The molecule has 0 aromatic heterocycles.